The Bertz CT molecular complexity index is 924. The summed E-state index contributed by atoms with van der Waals surface area (Å²) in [7, 11) is 1.93. The lowest BCUT2D eigenvalue weighted by Gasteiger charge is -2.32. The fraction of sp³-hybridized carbons (Fsp3) is 0.409. The lowest BCUT2D eigenvalue weighted by molar-refractivity contribution is 0.205. The van der Waals surface area contributed by atoms with E-state index < -0.39 is 0 Å². The summed E-state index contributed by atoms with van der Waals surface area (Å²) in [6.07, 6.45) is 6.06. The molecule has 4 rings (SSSR count). The second kappa shape index (κ2) is 8.10. The van der Waals surface area contributed by atoms with Crippen LogP contribution in [0.4, 0.5) is 5.82 Å². The van der Waals surface area contributed by atoms with Crippen LogP contribution in [0.25, 0.3) is 11.3 Å². The maximum absolute atomic E-state index is 5.32. The van der Waals surface area contributed by atoms with E-state index in [1.807, 2.05) is 39.4 Å². The van der Waals surface area contributed by atoms with Gasteiger partial charge in [-0.3, -0.25) is 9.88 Å². The second-order valence-electron chi connectivity index (χ2n) is 7.49. The van der Waals surface area contributed by atoms with Gasteiger partial charge in [-0.2, -0.15) is 0 Å². The highest BCUT2D eigenvalue weighted by Gasteiger charge is 2.22. The Morgan fingerprint density at radius 3 is 2.68 bits per heavy atom. The molecule has 3 aromatic rings. The molecule has 0 aliphatic carbocycles. The first kappa shape index (κ1) is 18.6. The number of anilines is 1. The molecule has 0 unspecified atom stereocenters. The summed E-state index contributed by atoms with van der Waals surface area (Å²) < 4.78 is 5.32. The molecule has 0 amide bonds. The highest BCUT2D eigenvalue weighted by Crippen LogP contribution is 2.32. The summed E-state index contributed by atoms with van der Waals surface area (Å²) >= 11 is 0. The zero-order valence-corrected chi connectivity index (χ0v) is 16.8. The van der Waals surface area contributed by atoms with Gasteiger partial charge in [0.15, 0.2) is 0 Å². The molecule has 1 N–H and O–H groups in total. The molecule has 1 fully saturated rings. The Morgan fingerprint density at radius 2 is 1.96 bits per heavy atom. The molecule has 0 atom stereocenters. The molecule has 1 saturated heterocycles. The van der Waals surface area contributed by atoms with E-state index in [9.17, 15) is 0 Å². The topological polar surface area (TPSA) is 67.1 Å². The average Bonchev–Trinajstić information content (AvgIpc) is 3.07. The van der Waals surface area contributed by atoms with Crippen LogP contribution in [0.1, 0.15) is 41.3 Å². The van der Waals surface area contributed by atoms with Crippen LogP contribution >= 0.6 is 0 Å². The van der Waals surface area contributed by atoms with Crippen molar-refractivity contribution in [2.24, 2.45) is 0 Å². The third-order valence-electron chi connectivity index (χ3n) is 5.65. The van der Waals surface area contributed by atoms with Crippen molar-refractivity contribution in [2.75, 3.05) is 25.5 Å². The minimum Gasteiger partial charge on any atom is -0.373 e. The maximum Gasteiger partial charge on any atom is 0.143 e. The molecule has 0 aromatic carbocycles. The standard InChI is InChI=1S/C22H27N5O/c1-15-21(16(2)28-26-15)20-13-18(6-10-24-20)17-7-11-27(12-8-17)14-19-5-4-9-25-22(19)23-3/h4-6,9-10,13,17H,7-8,11-12,14H2,1-3H3,(H,23,25). The zero-order valence-electron chi connectivity index (χ0n) is 16.8. The van der Waals surface area contributed by atoms with Crippen molar-refractivity contribution in [3.05, 3.63) is 59.2 Å². The summed E-state index contributed by atoms with van der Waals surface area (Å²) in [6, 6.07) is 8.54. The van der Waals surface area contributed by atoms with E-state index in [0.717, 1.165) is 61.0 Å². The van der Waals surface area contributed by atoms with E-state index in [2.05, 4.69) is 43.5 Å². The van der Waals surface area contributed by atoms with Gasteiger partial charge >= 0.3 is 0 Å². The number of nitrogens with one attached hydrogen (secondary N) is 1. The van der Waals surface area contributed by atoms with Crippen molar-refractivity contribution >= 4 is 5.82 Å². The Kier molecular flexibility index (Phi) is 5.39. The van der Waals surface area contributed by atoms with E-state index in [4.69, 9.17) is 4.52 Å². The van der Waals surface area contributed by atoms with Gasteiger partial charge in [-0.1, -0.05) is 11.2 Å². The van der Waals surface area contributed by atoms with Crippen LogP contribution in [0, 0.1) is 13.8 Å². The van der Waals surface area contributed by atoms with Gasteiger partial charge in [-0.25, -0.2) is 4.98 Å². The van der Waals surface area contributed by atoms with E-state index in [-0.39, 0.29) is 0 Å². The lowest BCUT2D eigenvalue weighted by atomic mass is 9.89. The molecule has 0 radical (unpaired) electrons. The summed E-state index contributed by atoms with van der Waals surface area (Å²) in [5, 5.41) is 7.26. The molecule has 4 heterocycles. The van der Waals surface area contributed by atoms with Crippen LogP contribution in [0.5, 0.6) is 0 Å². The highest BCUT2D eigenvalue weighted by molar-refractivity contribution is 5.64. The Labute approximate surface area is 166 Å². The van der Waals surface area contributed by atoms with Crippen LogP contribution in [0.3, 0.4) is 0 Å². The molecule has 0 bridgehead atoms. The molecule has 1 aliphatic heterocycles. The van der Waals surface area contributed by atoms with Crippen LogP contribution in [-0.4, -0.2) is 40.2 Å². The van der Waals surface area contributed by atoms with Gasteiger partial charge in [0.1, 0.15) is 11.6 Å². The van der Waals surface area contributed by atoms with Crippen molar-refractivity contribution in [1.82, 2.24) is 20.0 Å². The highest BCUT2D eigenvalue weighted by atomic mass is 16.5. The molecule has 6 nitrogen and oxygen atoms in total. The minimum absolute atomic E-state index is 0.566. The molecule has 1 aliphatic rings. The molecular weight excluding hydrogens is 350 g/mol. The quantitative estimate of drug-likeness (QED) is 0.720. The van der Waals surface area contributed by atoms with Crippen molar-refractivity contribution in [2.45, 2.75) is 39.2 Å². The van der Waals surface area contributed by atoms with Gasteiger partial charge in [0.25, 0.3) is 0 Å². The smallest absolute Gasteiger partial charge is 0.143 e. The fourth-order valence-electron chi connectivity index (χ4n) is 4.14. The number of hydrogen-bond acceptors (Lipinski definition) is 6. The third-order valence-corrected chi connectivity index (χ3v) is 5.65. The SMILES string of the molecule is CNc1ncccc1CN1CCC(c2ccnc(-c3c(C)noc3C)c2)CC1. The molecule has 146 valence electrons. The number of piperidine rings is 1. The Morgan fingerprint density at radius 1 is 1.14 bits per heavy atom. The summed E-state index contributed by atoms with van der Waals surface area (Å²) in [4.78, 5) is 11.5. The third kappa shape index (κ3) is 3.78. The van der Waals surface area contributed by atoms with Crippen LogP contribution in [-0.2, 0) is 6.54 Å². The van der Waals surface area contributed by atoms with Gasteiger partial charge in [-0.05, 0) is 69.5 Å². The summed E-state index contributed by atoms with van der Waals surface area (Å²) in [6.45, 7) is 7.03. The maximum atomic E-state index is 5.32. The predicted molar refractivity (Wildman–Crippen MR) is 110 cm³/mol. The minimum atomic E-state index is 0.566. The Hall–Kier alpha value is -2.73. The fourth-order valence-corrected chi connectivity index (χ4v) is 4.14. The Balaban J connectivity index is 1.44. The van der Waals surface area contributed by atoms with Crippen LogP contribution in [0.2, 0.25) is 0 Å². The second-order valence-corrected chi connectivity index (χ2v) is 7.49. The molecule has 6 heteroatoms. The molecular formula is C22H27N5O. The average molecular weight is 377 g/mol. The van der Waals surface area contributed by atoms with Gasteiger partial charge < -0.3 is 9.84 Å². The first-order valence-corrected chi connectivity index (χ1v) is 9.89. The van der Waals surface area contributed by atoms with Crippen molar-refractivity contribution in [1.29, 1.82) is 0 Å². The number of rotatable bonds is 5. The van der Waals surface area contributed by atoms with E-state index >= 15 is 0 Å². The molecule has 0 saturated carbocycles. The summed E-state index contributed by atoms with van der Waals surface area (Å²) in [5.41, 5.74) is 5.50. The zero-order chi connectivity index (χ0) is 19.5. The molecule has 0 spiro atoms. The number of likely N-dealkylation sites (tertiary alicyclic amines) is 1. The van der Waals surface area contributed by atoms with Crippen LogP contribution < -0.4 is 5.32 Å². The van der Waals surface area contributed by atoms with Gasteiger partial charge in [0, 0.05) is 31.5 Å². The van der Waals surface area contributed by atoms with E-state index in [1.165, 1.54) is 11.1 Å². The first-order chi connectivity index (χ1) is 13.7. The monoisotopic (exact) mass is 377 g/mol. The predicted octanol–water partition coefficient (Wildman–Crippen LogP) is 4.17. The van der Waals surface area contributed by atoms with Gasteiger partial charge in [0.2, 0.25) is 0 Å². The lowest BCUT2D eigenvalue weighted by Crippen LogP contribution is -2.32. The number of hydrogen-bond donors (Lipinski definition) is 1. The number of aromatic nitrogens is 3. The van der Waals surface area contributed by atoms with E-state index in [1.54, 1.807) is 0 Å². The number of aryl methyl sites for hydroxylation is 2. The normalized spacial score (nSPS) is 15.7. The first-order valence-electron chi connectivity index (χ1n) is 9.89. The van der Waals surface area contributed by atoms with Crippen molar-refractivity contribution < 1.29 is 4.52 Å². The van der Waals surface area contributed by atoms with Crippen molar-refractivity contribution in [3.8, 4) is 11.3 Å². The summed E-state index contributed by atoms with van der Waals surface area (Å²) in [5.74, 6) is 2.37. The van der Waals surface area contributed by atoms with E-state index in [0.29, 0.717) is 5.92 Å². The van der Waals surface area contributed by atoms with Crippen molar-refractivity contribution in [3.63, 3.8) is 0 Å². The molecule has 28 heavy (non-hydrogen) atoms. The van der Waals surface area contributed by atoms with Gasteiger partial charge in [0.05, 0.1) is 17.0 Å². The molecule has 3 aromatic heterocycles. The van der Waals surface area contributed by atoms with Crippen LogP contribution in [0.15, 0.2) is 41.2 Å². The number of pyridine rings is 2. The largest absolute Gasteiger partial charge is 0.373 e. The van der Waals surface area contributed by atoms with Gasteiger partial charge in [-0.15, -0.1) is 0 Å². The number of nitrogens with zero attached hydrogens (tertiary/aromatic N) is 4.